The Hall–Kier alpha value is -5.64. The van der Waals surface area contributed by atoms with Crippen LogP contribution in [-0.4, -0.2) is 41.0 Å². The average Bonchev–Trinajstić information content (AvgIpc) is 3.50. The van der Waals surface area contributed by atoms with Gasteiger partial charge in [0.1, 0.15) is 11.5 Å². The number of alkyl halides is 4. The highest BCUT2D eigenvalue weighted by molar-refractivity contribution is 6.27. The van der Waals surface area contributed by atoms with Crippen molar-refractivity contribution < 1.29 is 36.7 Å². The van der Waals surface area contributed by atoms with Crippen LogP contribution >= 0.6 is 0 Å². The molecule has 0 saturated carbocycles. The highest BCUT2D eigenvalue weighted by Gasteiger charge is 2.42. The van der Waals surface area contributed by atoms with Crippen molar-refractivity contribution in [2.45, 2.75) is 86.1 Å². The summed E-state index contributed by atoms with van der Waals surface area (Å²) in [5.41, 5.74) is 7.61. The number of fused-ring (bicyclic) bond motifs is 5. The molecule has 296 valence electrons. The van der Waals surface area contributed by atoms with Crippen molar-refractivity contribution in [1.29, 1.82) is 0 Å². The van der Waals surface area contributed by atoms with Gasteiger partial charge in [0.15, 0.2) is 12.4 Å². The fourth-order valence-corrected chi connectivity index (χ4v) is 7.69. The molecule has 1 unspecified atom stereocenters. The molecular weight excluding hydrogens is 733 g/mol. The van der Waals surface area contributed by atoms with Crippen LogP contribution in [0, 0.1) is 40.5 Å². The van der Waals surface area contributed by atoms with E-state index in [2.05, 4.69) is 29.6 Å². The van der Waals surface area contributed by atoms with Crippen LogP contribution in [0.5, 0.6) is 5.75 Å². The van der Waals surface area contributed by atoms with E-state index in [1.807, 2.05) is 70.2 Å². The van der Waals surface area contributed by atoms with Gasteiger partial charge in [-0.3, -0.25) is 4.79 Å². The van der Waals surface area contributed by atoms with Crippen molar-refractivity contribution in [2.75, 3.05) is 6.61 Å². The van der Waals surface area contributed by atoms with Gasteiger partial charge in [0, 0.05) is 57.4 Å². The molecule has 0 N–H and O–H groups in total. The fourth-order valence-electron chi connectivity index (χ4n) is 7.69. The second-order valence-corrected chi connectivity index (χ2v) is 14.8. The number of oxime groups is 1. The molecule has 6 aromatic rings. The van der Waals surface area contributed by atoms with Crippen LogP contribution in [0.1, 0.15) is 88.8 Å². The third-order valence-electron chi connectivity index (χ3n) is 11.0. The van der Waals surface area contributed by atoms with Gasteiger partial charge in [-0.2, -0.15) is 8.78 Å². The quantitative estimate of drug-likeness (QED) is 0.0260. The minimum Gasteiger partial charge on any atom is -0.486 e. The van der Waals surface area contributed by atoms with Crippen LogP contribution in [0.25, 0.3) is 32.6 Å². The molecular formula is C47H47F4N2O4+. The third kappa shape index (κ3) is 8.13. The molecule has 0 fully saturated rings. The van der Waals surface area contributed by atoms with E-state index in [0.717, 1.165) is 80.5 Å². The van der Waals surface area contributed by atoms with Gasteiger partial charge in [-0.1, -0.05) is 67.0 Å². The number of ether oxygens (including phenoxy) is 1. The Labute approximate surface area is 330 Å². The molecule has 5 aromatic carbocycles. The van der Waals surface area contributed by atoms with E-state index in [4.69, 9.17) is 9.57 Å². The van der Waals surface area contributed by atoms with Crippen LogP contribution in [0.2, 0.25) is 0 Å². The average molecular weight is 780 g/mol. The van der Waals surface area contributed by atoms with E-state index in [1.54, 1.807) is 12.1 Å². The molecule has 0 aliphatic carbocycles. The minimum absolute atomic E-state index is 0.0596. The Balaban J connectivity index is 1.65. The molecule has 0 bridgehead atoms. The van der Waals surface area contributed by atoms with Crippen LogP contribution in [-0.2, 0) is 16.2 Å². The van der Waals surface area contributed by atoms with Gasteiger partial charge >= 0.3 is 18.3 Å². The summed E-state index contributed by atoms with van der Waals surface area (Å²) < 4.78 is 61.9. The Morgan fingerprint density at radius 2 is 1.51 bits per heavy atom. The zero-order chi connectivity index (χ0) is 41.2. The van der Waals surface area contributed by atoms with E-state index in [0.29, 0.717) is 29.2 Å². The minimum atomic E-state index is -4.41. The van der Waals surface area contributed by atoms with E-state index >= 15 is 0 Å². The van der Waals surface area contributed by atoms with Crippen LogP contribution in [0.4, 0.5) is 17.6 Å². The predicted molar refractivity (Wildman–Crippen MR) is 219 cm³/mol. The lowest BCUT2D eigenvalue weighted by atomic mass is 9.87. The van der Waals surface area contributed by atoms with Gasteiger partial charge in [0.05, 0.1) is 18.9 Å². The molecule has 0 radical (unpaired) electrons. The van der Waals surface area contributed by atoms with Crippen molar-refractivity contribution in [3.8, 4) is 5.75 Å². The standard InChI is InChI=1S/C47H47F4N2O4/c1-8-10-15-32(9-2)25-53-40-21-20-33(43(52-57-31(7)54)36-18-13-14-19-41(36)56-26-47(50,51)46(48)49)23-37(40)38-24-39(34-16-11-12-17-35(34)44(38)53)45(55)42-29(5)27(3)22-28(4)30(42)6/h11-14,16-24,32,46H,1,8-10,15,25-26H2,2-7H3/q+1/b52-43+. The molecule has 1 heterocycles. The van der Waals surface area contributed by atoms with Crippen molar-refractivity contribution in [3.63, 3.8) is 0 Å². The predicted octanol–water partition coefficient (Wildman–Crippen LogP) is 12.0. The number of carbonyl (C=O) groups excluding carboxylic acids is 2. The highest BCUT2D eigenvalue weighted by Crippen LogP contribution is 2.40. The number of aromatic nitrogens is 1. The topological polar surface area (TPSA) is 69.9 Å². The zero-order valence-electron chi connectivity index (χ0n) is 33.1. The van der Waals surface area contributed by atoms with E-state index in [9.17, 15) is 27.2 Å². The van der Waals surface area contributed by atoms with E-state index in [-0.39, 0.29) is 22.8 Å². The molecule has 10 heteroatoms. The molecule has 6 rings (SSSR count). The summed E-state index contributed by atoms with van der Waals surface area (Å²) in [4.78, 5) is 32.1. The Morgan fingerprint density at radius 1 is 0.842 bits per heavy atom. The van der Waals surface area contributed by atoms with Gasteiger partial charge < -0.3 is 14.1 Å². The molecule has 0 aliphatic rings. The molecule has 0 aliphatic heterocycles. The third-order valence-corrected chi connectivity index (χ3v) is 11.0. The number of para-hydroxylation sites is 1. The smallest absolute Gasteiger partial charge is 0.340 e. The molecule has 0 saturated heterocycles. The van der Waals surface area contributed by atoms with Gasteiger partial charge in [-0.25, -0.2) is 13.6 Å². The van der Waals surface area contributed by atoms with Gasteiger partial charge in [0.25, 0.3) is 0 Å². The van der Waals surface area contributed by atoms with Crippen molar-refractivity contribution >= 4 is 50.0 Å². The van der Waals surface area contributed by atoms with Crippen LogP contribution in [0.3, 0.4) is 0 Å². The maximum atomic E-state index is 14.9. The van der Waals surface area contributed by atoms with Crippen molar-refractivity contribution in [2.24, 2.45) is 11.1 Å². The maximum absolute atomic E-state index is 14.9. The fraction of sp³-hybridized carbons (Fsp3) is 0.319. The number of nitrogens with zero attached hydrogens (tertiary/aromatic N) is 2. The summed E-state index contributed by atoms with van der Waals surface area (Å²) in [7, 11) is 0. The Kier molecular flexibility index (Phi) is 12.1. The van der Waals surface area contributed by atoms with Crippen molar-refractivity contribution in [1.82, 2.24) is 4.57 Å². The first-order valence-electron chi connectivity index (χ1n) is 19.2. The number of hydrogen-bond donors (Lipinski definition) is 0. The monoisotopic (exact) mass is 779 g/mol. The zero-order valence-corrected chi connectivity index (χ0v) is 33.1. The van der Waals surface area contributed by atoms with Crippen LogP contribution in [0.15, 0.2) is 84.0 Å². The summed E-state index contributed by atoms with van der Waals surface area (Å²) in [6.07, 6.45) is -0.193. The summed E-state index contributed by atoms with van der Waals surface area (Å²) in [5.74, 6) is -5.04. The Morgan fingerprint density at radius 3 is 2.16 bits per heavy atom. The lowest BCUT2D eigenvalue weighted by Gasteiger charge is -2.19. The second kappa shape index (κ2) is 16.8. The number of unbranched alkanes of at least 4 members (excludes halogenated alkanes) is 1. The lowest BCUT2D eigenvalue weighted by molar-refractivity contribution is -0.148. The summed E-state index contributed by atoms with van der Waals surface area (Å²) in [6, 6.07) is 23.6. The largest absolute Gasteiger partial charge is 0.486 e. The normalized spacial score (nSPS) is 12.9. The molecule has 1 atom stereocenters. The number of rotatable bonds is 15. The molecule has 0 amide bonds. The number of aryl methyl sites for hydroxylation is 2. The molecule has 57 heavy (non-hydrogen) atoms. The Bertz CT molecular complexity index is 2490. The van der Waals surface area contributed by atoms with Gasteiger partial charge in [0.2, 0.25) is 0 Å². The number of halogens is 4. The molecule has 0 spiro atoms. The summed E-state index contributed by atoms with van der Waals surface area (Å²) in [6.45, 7) is 14.5. The maximum Gasteiger partial charge on any atom is 0.340 e. The van der Waals surface area contributed by atoms with Crippen LogP contribution < -0.4 is 4.74 Å². The number of hydrogen-bond acceptors (Lipinski definition) is 5. The number of benzene rings is 5. The first-order valence-corrected chi connectivity index (χ1v) is 19.2. The summed E-state index contributed by atoms with van der Waals surface area (Å²) in [5, 5.41) is 7.48. The first-order chi connectivity index (χ1) is 27.2. The highest BCUT2D eigenvalue weighted by atomic mass is 19.3. The summed E-state index contributed by atoms with van der Waals surface area (Å²) >= 11 is 0. The molecule has 6 nitrogen and oxygen atoms in total. The SMILES string of the molecule is [CH2+]CCCC(CC)Cn1c2ccc(/C(=N\OC(C)=O)c3ccccc3OCC(F)(F)C(F)F)cc2c2cc(C(=O)c3c(C)c(C)cc(C)c3C)c3ccccc3c21. The van der Waals surface area contributed by atoms with E-state index < -0.39 is 24.9 Å². The number of ketones is 1. The van der Waals surface area contributed by atoms with E-state index in [1.165, 1.54) is 25.1 Å². The van der Waals surface area contributed by atoms with Gasteiger partial charge in [-0.05, 0) is 104 Å². The van der Waals surface area contributed by atoms with Gasteiger partial charge in [-0.15, -0.1) is 0 Å². The van der Waals surface area contributed by atoms with Crippen molar-refractivity contribution in [3.05, 3.63) is 130 Å². The first kappa shape index (κ1) is 41.0. The lowest BCUT2D eigenvalue weighted by Crippen LogP contribution is -2.34. The molecule has 1 aromatic heterocycles. The second-order valence-electron chi connectivity index (χ2n) is 14.8. The number of carbonyl (C=O) groups is 2.